The first-order valence-electron chi connectivity index (χ1n) is 5.21. The first-order chi connectivity index (χ1) is 8.60. The van der Waals surface area contributed by atoms with Gasteiger partial charge in [-0.05, 0) is 6.92 Å². The minimum Gasteiger partial charge on any atom is -0.436 e. The highest BCUT2D eigenvalue weighted by molar-refractivity contribution is 5.53. The number of aromatic nitrogens is 3. The molecule has 0 spiro atoms. The number of ether oxygens (including phenoxy) is 1. The van der Waals surface area contributed by atoms with Crippen LogP contribution < -0.4 is 10.5 Å². The lowest BCUT2D eigenvalue weighted by Gasteiger charge is -2.02. The Kier molecular flexibility index (Phi) is 3.09. The van der Waals surface area contributed by atoms with Gasteiger partial charge in [-0.15, -0.1) is 0 Å². The Morgan fingerprint density at radius 1 is 1.56 bits per heavy atom. The Hall–Kier alpha value is -2.64. The predicted octanol–water partition coefficient (Wildman–Crippen LogP) is 1.58. The summed E-state index contributed by atoms with van der Waals surface area (Å²) in [6.45, 7) is 2.66. The number of nitrogens with zero attached hydrogens (tertiary/aromatic N) is 4. The minimum absolute atomic E-state index is 0.180. The third kappa shape index (κ3) is 2.37. The Labute approximate surface area is 102 Å². The van der Waals surface area contributed by atoms with E-state index in [4.69, 9.17) is 10.5 Å². The van der Waals surface area contributed by atoms with Crippen molar-refractivity contribution in [2.45, 2.75) is 13.5 Å². The predicted molar refractivity (Wildman–Crippen MR) is 63.3 cm³/mol. The number of hydrogen-bond donors (Lipinski definition) is 1. The smallest absolute Gasteiger partial charge is 0.311 e. The molecular formula is C10H11N5O3. The van der Waals surface area contributed by atoms with Crippen molar-refractivity contribution in [3.8, 4) is 11.6 Å². The second-order valence-corrected chi connectivity index (χ2v) is 3.44. The van der Waals surface area contributed by atoms with Crippen LogP contribution in [-0.2, 0) is 6.54 Å². The van der Waals surface area contributed by atoms with Gasteiger partial charge in [0, 0.05) is 18.7 Å². The van der Waals surface area contributed by atoms with Crippen LogP contribution in [0.4, 0.5) is 11.5 Å². The van der Waals surface area contributed by atoms with E-state index >= 15 is 0 Å². The summed E-state index contributed by atoms with van der Waals surface area (Å²) in [5.41, 5.74) is 5.21. The molecule has 8 heteroatoms. The van der Waals surface area contributed by atoms with Gasteiger partial charge in [0.25, 0.3) is 0 Å². The number of nitrogen functional groups attached to an aromatic ring is 1. The number of nitro groups is 1. The molecule has 0 amide bonds. The fourth-order valence-electron chi connectivity index (χ4n) is 1.35. The second-order valence-electron chi connectivity index (χ2n) is 3.44. The zero-order valence-electron chi connectivity index (χ0n) is 9.61. The van der Waals surface area contributed by atoms with Gasteiger partial charge in [0.1, 0.15) is 0 Å². The van der Waals surface area contributed by atoms with E-state index in [0.717, 1.165) is 6.54 Å². The fraction of sp³-hybridized carbons (Fsp3) is 0.200. The maximum Gasteiger partial charge on any atom is 0.311 e. The van der Waals surface area contributed by atoms with Gasteiger partial charge in [-0.2, -0.15) is 10.1 Å². The number of anilines is 1. The average Bonchev–Trinajstić information content (AvgIpc) is 2.76. The molecule has 0 aliphatic carbocycles. The fourth-order valence-corrected chi connectivity index (χ4v) is 1.35. The van der Waals surface area contributed by atoms with E-state index in [0.29, 0.717) is 5.75 Å². The van der Waals surface area contributed by atoms with Gasteiger partial charge in [0.2, 0.25) is 11.7 Å². The highest BCUT2D eigenvalue weighted by Crippen LogP contribution is 2.25. The second kappa shape index (κ2) is 4.70. The molecule has 2 N–H and O–H groups in total. The molecular weight excluding hydrogens is 238 g/mol. The third-order valence-electron chi connectivity index (χ3n) is 2.23. The van der Waals surface area contributed by atoms with Gasteiger partial charge in [-0.1, -0.05) is 0 Å². The van der Waals surface area contributed by atoms with E-state index in [-0.39, 0.29) is 17.4 Å². The Balaban J connectivity index is 2.19. The zero-order chi connectivity index (χ0) is 13.1. The number of pyridine rings is 1. The first kappa shape index (κ1) is 11.8. The van der Waals surface area contributed by atoms with E-state index in [1.54, 1.807) is 10.9 Å². The maximum atomic E-state index is 10.6. The van der Waals surface area contributed by atoms with Crippen molar-refractivity contribution in [3.63, 3.8) is 0 Å². The summed E-state index contributed by atoms with van der Waals surface area (Å²) in [6, 6.07) is 2.64. The lowest BCUT2D eigenvalue weighted by atomic mass is 10.4. The van der Waals surface area contributed by atoms with Crippen molar-refractivity contribution in [2.75, 3.05) is 5.73 Å². The molecule has 0 unspecified atom stereocenters. The third-order valence-corrected chi connectivity index (χ3v) is 2.23. The molecule has 0 bridgehead atoms. The summed E-state index contributed by atoms with van der Waals surface area (Å²) in [5.74, 6) is 0.506. The van der Waals surface area contributed by atoms with E-state index in [1.165, 1.54) is 18.3 Å². The average molecular weight is 249 g/mol. The molecule has 0 aromatic carbocycles. The Morgan fingerprint density at radius 2 is 2.33 bits per heavy atom. The van der Waals surface area contributed by atoms with Crippen molar-refractivity contribution < 1.29 is 9.66 Å². The lowest BCUT2D eigenvalue weighted by Crippen LogP contribution is -1.99. The highest BCUT2D eigenvalue weighted by Gasteiger charge is 2.13. The topological polar surface area (TPSA) is 109 Å². The molecule has 0 aliphatic rings. The molecule has 0 radical (unpaired) electrons. The van der Waals surface area contributed by atoms with Gasteiger partial charge in [-0.25, -0.2) is 0 Å². The maximum absolute atomic E-state index is 10.6. The SMILES string of the molecule is CCn1cc(Oc2ccc([N+](=O)[O-])c(N)n2)cn1. The van der Waals surface area contributed by atoms with E-state index < -0.39 is 4.92 Å². The normalized spacial score (nSPS) is 10.3. The molecule has 0 aliphatic heterocycles. The van der Waals surface area contributed by atoms with Crippen molar-refractivity contribution in [3.05, 3.63) is 34.6 Å². The Morgan fingerprint density at radius 3 is 2.89 bits per heavy atom. The van der Waals surface area contributed by atoms with Gasteiger partial charge in [0.15, 0.2) is 5.75 Å². The van der Waals surface area contributed by atoms with Gasteiger partial charge >= 0.3 is 5.69 Å². The summed E-state index contributed by atoms with van der Waals surface area (Å²) in [7, 11) is 0. The highest BCUT2D eigenvalue weighted by atomic mass is 16.6. The molecule has 0 saturated carbocycles. The van der Waals surface area contributed by atoms with E-state index in [2.05, 4.69) is 10.1 Å². The molecule has 18 heavy (non-hydrogen) atoms. The van der Waals surface area contributed by atoms with Crippen LogP contribution in [0.5, 0.6) is 11.6 Å². The van der Waals surface area contributed by atoms with E-state index in [1.807, 2.05) is 6.92 Å². The van der Waals surface area contributed by atoms with Gasteiger partial charge in [-0.3, -0.25) is 14.8 Å². The first-order valence-corrected chi connectivity index (χ1v) is 5.21. The molecule has 0 fully saturated rings. The monoisotopic (exact) mass is 249 g/mol. The number of nitrogens with two attached hydrogens (primary N) is 1. The van der Waals surface area contributed by atoms with Crippen LogP contribution >= 0.6 is 0 Å². The molecule has 0 atom stereocenters. The van der Waals surface area contributed by atoms with Crippen LogP contribution in [0.1, 0.15) is 6.92 Å². The van der Waals surface area contributed by atoms with Gasteiger partial charge in [0.05, 0.1) is 17.3 Å². The minimum atomic E-state index is -0.596. The molecule has 2 rings (SSSR count). The lowest BCUT2D eigenvalue weighted by molar-refractivity contribution is -0.384. The molecule has 2 aromatic heterocycles. The van der Waals surface area contributed by atoms with Crippen molar-refractivity contribution >= 4 is 11.5 Å². The molecule has 8 nitrogen and oxygen atoms in total. The summed E-state index contributed by atoms with van der Waals surface area (Å²) >= 11 is 0. The van der Waals surface area contributed by atoms with E-state index in [9.17, 15) is 10.1 Å². The van der Waals surface area contributed by atoms with Crippen molar-refractivity contribution in [1.82, 2.24) is 14.8 Å². The van der Waals surface area contributed by atoms with Crippen LogP contribution in [0.15, 0.2) is 24.5 Å². The molecule has 2 heterocycles. The summed E-state index contributed by atoms with van der Waals surface area (Å²) in [4.78, 5) is 13.8. The molecule has 2 aromatic rings. The largest absolute Gasteiger partial charge is 0.436 e. The summed E-state index contributed by atoms with van der Waals surface area (Å²) < 4.78 is 7.06. The van der Waals surface area contributed by atoms with Crippen LogP contribution in [0.25, 0.3) is 0 Å². The van der Waals surface area contributed by atoms with Crippen LogP contribution in [0.2, 0.25) is 0 Å². The summed E-state index contributed by atoms with van der Waals surface area (Å²) in [5, 5.41) is 14.6. The number of aryl methyl sites for hydroxylation is 1. The molecule has 94 valence electrons. The van der Waals surface area contributed by atoms with Crippen LogP contribution in [0.3, 0.4) is 0 Å². The zero-order valence-corrected chi connectivity index (χ0v) is 9.61. The Bertz CT molecular complexity index is 581. The van der Waals surface area contributed by atoms with Crippen molar-refractivity contribution in [2.24, 2.45) is 0 Å². The van der Waals surface area contributed by atoms with Crippen molar-refractivity contribution in [1.29, 1.82) is 0 Å². The number of rotatable bonds is 4. The number of hydrogen-bond acceptors (Lipinski definition) is 6. The quantitative estimate of drug-likeness (QED) is 0.650. The van der Waals surface area contributed by atoms with Gasteiger partial charge < -0.3 is 10.5 Å². The van der Waals surface area contributed by atoms with Crippen LogP contribution in [-0.4, -0.2) is 19.7 Å². The standard InChI is InChI=1S/C10H11N5O3/c1-2-14-6-7(5-12-14)18-9-4-3-8(15(16)17)10(11)13-9/h3-6H,2H2,1H3,(H2,11,13). The molecule has 0 saturated heterocycles. The van der Waals surface area contributed by atoms with Crippen LogP contribution in [0, 0.1) is 10.1 Å². The summed E-state index contributed by atoms with van der Waals surface area (Å²) in [6.07, 6.45) is 3.22.